The zero-order valence-corrected chi connectivity index (χ0v) is 14.2. The van der Waals surface area contributed by atoms with Gasteiger partial charge in [0.1, 0.15) is 6.04 Å². The Labute approximate surface area is 133 Å². The number of hydrogen-bond donors (Lipinski definition) is 1. The van der Waals surface area contributed by atoms with Gasteiger partial charge in [0, 0.05) is 32.4 Å². The Kier molecular flexibility index (Phi) is 7.02. The van der Waals surface area contributed by atoms with E-state index in [1.807, 2.05) is 39.8 Å². The Morgan fingerprint density at radius 1 is 1.27 bits per heavy atom. The number of nitrogens with one attached hydrogen (secondary N) is 1. The topological polar surface area (TPSA) is 62.3 Å². The van der Waals surface area contributed by atoms with Crippen molar-refractivity contribution in [3.63, 3.8) is 0 Å². The highest BCUT2D eigenvalue weighted by Crippen LogP contribution is 2.10. The third-order valence-corrected chi connectivity index (χ3v) is 3.36. The number of rotatable bonds is 7. The fourth-order valence-corrected chi connectivity index (χ4v) is 2.20. The lowest BCUT2D eigenvalue weighted by atomic mass is 10.0. The minimum atomic E-state index is -0.493. The smallest absolute Gasteiger partial charge is 0.245 e. The number of aromatic nitrogens is 1. The lowest BCUT2D eigenvalue weighted by molar-refractivity contribution is -0.137. The maximum atomic E-state index is 12.6. The second-order valence-electron chi connectivity index (χ2n) is 6.44. The summed E-state index contributed by atoms with van der Waals surface area (Å²) in [6.07, 6.45) is 3.88. The fraction of sp³-hybridized carbons (Fsp3) is 0.588. The quantitative estimate of drug-likeness (QED) is 0.840. The molecular formula is C17H27N3O2. The molecule has 0 radical (unpaired) electrons. The summed E-state index contributed by atoms with van der Waals surface area (Å²) in [5, 5.41) is 2.87. The minimum Gasteiger partial charge on any atom is -0.344 e. The molecule has 0 unspecified atom stereocenters. The summed E-state index contributed by atoms with van der Waals surface area (Å²) in [7, 11) is 1.75. The first-order valence-electron chi connectivity index (χ1n) is 7.74. The predicted molar refractivity (Wildman–Crippen MR) is 86.9 cm³/mol. The molecule has 122 valence electrons. The van der Waals surface area contributed by atoms with Crippen molar-refractivity contribution in [2.45, 2.75) is 46.7 Å². The fourth-order valence-electron chi connectivity index (χ4n) is 2.20. The third-order valence-electron chi connectivity index (χ3n) is 3.36. The summed E-state index contributed by atoms with van der Waals surface area (Å²) in [6.45, 7) is 8.34. The van der Waals surface area contributed by atoms with E-state index < -0.39 is 6.04 Å². The van der Waals surface area contributed by atoms with Crippen LogP contribution in [0.3, 0.4) is 0 Å². The van der Waals surface area contributed by atoms with E-state index in [1.165, 1.54) is 0 Å². The molecule has 22 heavy (non-hydrogen) atoms. The van der Waals surface area contributed by atoms with Gasteiger partial charge in [-0.25, -0.2) is 0 Å². The Bertz CT molecular complexity index is 486. The molecule has 1 N–H and O–H groups in total. The molecule has 0 aliphatic heterocycles. The van der Waals surface area contributed by atoms with E-state index in [1.54, 1.807) is 24.3 Å². The Hall–Kier alpha value is -1.91. The van der Waals surface area contributed by atoms with E-state index in [2.05, 4.69) is 10.3 Å². The van der Waals surface area contributed by atoms with E-state index in [9.17, 15) is 9.59 Å². The number of hydrogen-bond acceptors (Lipinski definition) is 3. The van der Waals surface area contributed by atoms with Crippen LogP contribution < -0.4 is 5.32 Å². The molecule has 1 aromatic heterocycles. The van der Waals surface area contributed by atoms with Crippen molar-refractivity contribution < 1.29 is 9.59 Å². The van der Waals surface area contributed by atoms with Crippen LogP contribution in [0.4, 0.5) is 0 Å². The standard InChI is InChI=1S/C17H27N3O2/c1-12(2)9-15(21)19-16(13(3)4)17(22)20(5)11-14-7-6-8-18-10-14/h6-8,10,12-13,16H,9,11H2,1-5H3,(H,19,21)/t16-/m1/s1. The van der Waals surface area contributed by atoms with Crippen molar-refractivity contribution in [1.29, 1.82) is 0 Å². The summed E-state index contributed by atoms with van der Waals surface area (Å²) in [6, 6.07) is 3.28. The highest BCUT2D eigenvalue weighted by atomic mass is 16.2. The lowest BCUT2D eigenvalue weighted by Gasteiger charge is -2.27. The maximum Gasteiger partial charge on any atom is 0.245 e. The summed E-state index contributed by atoms with van der Waals surface area (Å²) >= 11 is 0. The average Bonchev–Trinajstić information content (AvgIpc) is 2.44. The number of nitrogens with zero attached hydrogens (tertiary/aromatic N) is 2. The van der Waals surface area contributed by atoms with E-state index >= 15 is 0 Å². The van der Waals surface area contributed by atoms with Gasteiger partial charge >= 0.3 is 0 Å². The predicted octanol–water partition coefficient (Wildman–Crippen LogP) is 2.23. The first-order chi connectivity index (χ1) is 10.3. The average molecular weight is 305 g/mol. The Balaban J connectivity index is 2.69. The molecule has 0 saturated heterocycles. The van der Waals surface area contributed by atoms with E-state index in [-0.39, 0.29) is 23.7 Å². The molecule has 1 atom stereocenters. The van der Waals surface area contributed by atoms with Crippen LogP contribution in [0.5, 0.6) is 0 Å². The van der Waals surface area contributed by atoms with Crippen molar-refractivity contribution in [3.8, 4) is 0 Å². The van der Waals surface area contributed by atoms with Crippen molar-refractivity contribution in [3.05, 3.63) is 30.1 Å². The van der Waals surface area contributed by atoms with Crippen LogP contribution in [0, 0.1) is 11.8 Å². The molecular weight excluding hydrogens is 278 g/mol. The Morgan fingerprint density at radius 2 is 1.95 bits per heavy atom. The number of carbonyl (C=O) groups excluding carboxylic acids is 2. The van der Waals surface area contributed by atoms with E-state index in [0.29, 0.717) is 13.0 Å². The van der Waals surface area contributed by atoms with Crippen LogP contribution in [0.25, 0.3) is 0 Å². The highest BCUT2D eigenvalue weighted by molar-refractivity contribution is 5.87. The molecule has 5 heteroatoms. The van der Waals surface area contributed by atoms with Crippen LogP contribution in [-0.2, 0) is 16.1 Å². The van der Waals surface area contributed by atoms with Crippen LogP contribution >= 0.6 is 0 Å². The molecule has 2 amide bonds. The molecule has 1 heterocycles. The first-order valence-corrected chi connectivity index (χ1v) is 7.74. The molecule has 0 fully saturated rings. The maximum absolute atomic E-state index is 12.6. The SMILES string of the molecule is CC(C)CC(=O)N[C@@H](C(=O)N(C)Cc1cccnc1)C(C)C. The van der Waals surface area contributed by atoms with Gasteiger partial charge in [0.15, 0.2) is 0 Å². The molecule has 0 aliphatic carbocycles. The van der Waals surface area contributed by atoms with Gasteiger partial charge in [-0.05, 0) is 23.5 Å². The second-order valence-corrected chi connectivity index (χ2v) is 6.44. The minimum absolute atomic E-state index is 0.0416. The molecule has 0 saturated carbocycles. The number of pyridine rings is 1. The molecule has 5 nitrogen and oxygen atoms in total. The third kappa shape index (κ3) is 5.84. The first kappa shape index (κ1) is 18.1. The van der Waals surface area contributed by atoms with Crippen LogP contribution in [0.2, 0.25) is 0 Å². The molecule has 1 rings (SSSR count). The van der Waals surface area contributed by atoms with Crippen molar-refractivity contribution in [1.82, 2.24) is 15.2 Å². The summed E-state index contributed by atoms with van der Waals surface area (Å²) < 4.78 is 0. The molecule has 0 spiro atoms. The molecule has 1 aromatic rings. The number of carbonyl (C=O) groups is 2. The van der Waals surface area contributed by atoms with Gasteiger partial charge in [-0.3, -0.25) is 14.6 Å². The van der Waals surface area contributed by atoms with Crippen LogP contribution in [0.1, 0.15) is 39.7 Å². The van der Waals surface area contributed by atoms with Gasteiger partial charge in [0.25, 0.3) is 0 Å². The summed E-state index contributed by atoms with van der Waals surface area (Å²) in [5.41, 5.74) is 0.967. The zero-order valence-electron chi connectivity index (χ0n) is 14.2. The van der Waals surface area contributed by atoms with Crippen molar-refractivity contribution in [2.24, 2.45) is 11.8 Å². The lowest BCUT2D eigenvalue weighted by Crippen LogP contribution is -2.50. The highest BCUT2D eigenvalue weighted by Gasteiger charge is 2.27. The zero-order chi connectivity index (χ0) is 16.7. The van der Waals surface area contributed by atoms with Gasteiger partial charge in [0.05, 0.1) is 0 Å². The summed E-state index contributed by atoms with van der Waals surface area (Å²) in [5.74, 6) is 0.170. The van der Waals surface area contributed by atoms with Gasteiger partial charge in [-0.2, -0.15) is 0 Å². The van der Waals surface area contributed by atoms with E-state index in [4.69, 9.17) is 0 Å². The van der Waals surface area contributed by atoms with Gasteiger partial charge in [-0.1, -0.05) is 33.8 Å². The van der Waals surface area contributed by atoms with Crippen LogP contribution in [-0.4, -0.2) is 34.8 Å². The number of amides is 2. The Morgan fingerprint density at radius 3 is 2.45 bits per heavy atom. The molecule has 0 bridgehead atoms. The number of likely N-dealkylation sites (N-methyl/N-ethyl adjacent to an activating group) is 1. The molecule has 0 aromatic carbocycles. The summed E-state index contributed by atoms with van der Waals surface area (Å²) in [4.78, 5) is 30.2. The van der Waals surface area contributed by atoms with E-state index in [0.717, 1.165) is 5.56 Å². The van der Waals surface area contributed by atoms with Gasteiger partial charge in [-0.15, -0.1) is 0 Å². The normalized spacial score (nSPS) is 12.3. The van der Waals surface area contributed by atoms with Crippen molar-refractivity contribution in [2.75, 3.05) is 7.05 Å². The van der Waals surface area contributed by atoms with Crippen LogP contribution in [0.15, 0.2) is 24.5 Å². The monoisotopic (exact) mass is 305 g/mol. The van der Waals surface area contributed by atoms with Gasteiger partial charge in [0.2, 0.25) is 11.8 Å². The van der Waals surface area contributed by atoms with Gasteiger partial charge < -0.3 is 10.2 Å². The van der Waals surface area contributed by atoms with Crippen molar-refractivity contribution >= 4 is 11.8 Å². The molecule has 0 aliphatic rings. The largest absolute Gasteiger partial charge is 0.344 e. The second kappa shape index (κ2) is 8.51.